The highest BCUT2D eigenvalue weighted by Crippen LogP contribution is 2.11. The monoisotopic (exact) mass is 244 g/mol. The lowest BCUT2D eigenvalue weighted by Crippen LogP contribution is -2.21. The molecule has 2 aromatic carbocycles. The van der Waals surface area contributed by atoms with Crippen LogP contribution >= 0.6 is 0 Å². The zero-order valence-corrected chi connectivity index (χ0v) is 11.0. The van der Waals surface area contributed by atoms with Gasteiger partial charge in [-0.3, -0.25) is 0 Å². The Kier molecular flexibility index (Phi) is 4.35. The fourth-order valence-electron chi connectivity index (χ4n) is 1.51. The van der Waals surface area contributed by atoms with E-state index in [9.17, 15) is 0 Å². The highest BCUT2D eigenvalue weighted by Gasteiger charge is 2.07. The lowest BCUT2D eigenvalue weighted by Gasteiger charge is -2.14. The molecule has 0 bridgehead atoms. The molecule has 1 atom stereocenters. The maximum absolute atomic E-state index is 5.75. The summed E-state index contributed by atoms with van der Waals surface area (Å²) in [6.45, 7) is 2.66. The van der Waals surface area contributed by atoms with E-state index >= 15 is 0 Å². The van der Waals surface area contributed by atoms with Gasteiger partial charge in [0.2, 0.25) is 0 Å². The SMILES string of the molecule is C[SiH](OCc1ccccc1)Oc1ccccc1. The Bertz CT molecular complexity index is 430. The van der Waals surface area contributed by atoms with E-state index in [1.54, 1.807) is 0 Å². The molecule has 0 radical (unpaired) electrons. The molecular formula is C14H16O2Si. The van der Waals surface area contributed by atoms with Crippen molar-refractivity contribution in [3.05, 3.63) is 66.2 Å². The first-order chi connectivity index (χ1) is 8.34. The van der Waals surface area contributed by atoms with Gasteiger partial charge in [-0.2, -0.15) is 0 Å². The van der Waals surface area contributed by atoms with Crippen LogP contribution in [0, 0.1) is 0 Å². The van der Waals surface area contributed by atoms with Crippen molar-refractivity contribution >= 4 is 9.28 Å². The van der Waals surface area contributed by atoms with Gasteiger partial charge in [0.05, 0.1) is 6.61 Å². The predicted octanol–water partition coefficient (Wildman–Crippen LogP) is 3.13. The third kappa shape index (κ3) is 4.05. The molecule has 2 aromatic rings. The van der Waals surface area contributed by atoms with Crippen LogP contribution in [0.1, 0.15) is 5.56 Å². The largest absolute Gasteiger partial charge is 0.522 e. The fourth-order valence-corrected chi connectivity index (χ4v) is 2.55. The van der Waals surface area contributed by atoms with Crippen LogP contribution in [0.15, 0.2) is 60.7 Å². The average Bonchev–Trinajstić information content (AvgIpc) is 2.39. The molecule has 0 aromatic heterocycles. The van der Waals surface area contributed by atoms with Crippen molar-refractivity contribution in [2.45, 2.75) is 13.2 Å². The van der Waals surface area contributed by atoms with Crippen LogP contribution in [-0.4, -0.2) is 9.28 Å². The van der Waals surface area contributed by atoms with E-state index in [-0.39, 0.29) is 0 Å². The normalized spacial score (nSPS) is 12.1. The summed E-state index contributed by atoms with van der Waals surface area (Å²) >= 11 is 0. The van der Waals surface area contributed by atoms with Gasteiger partial charge in [-0.1, -0.05) is 48.5 Å². The Morgan fingerprint density at radius 1 is 0.882 bits per heavy atom. The first kappa shape index (κ1) is 11.9. The molecule has 0 amide bonds. The number of rotatable bonds is 5. The summed E-state index contributed by atoms with van der Waals surface area (Å²) in [5, 5.41) is 0. The van der Waals surface area contributed by atoms with Gasteiger partial charge >= 0.3 is 9.28 Å². The van der Waals surface area contributed by atoms with Crippen LogP contribution in [0.25, 0.3) is 0 Å². The Morgan fingerprint density at radius 2 is 1.47 bits per heavy atom. The molecule has 0 N–H and O–H groups in total. The minimum atomic E-state index is -1.60. The Balaban J connectivity index is 1.80. The smallest absolute Gasteiger partial charge is 0.379 e. The molecule has 0 saturated carbocycles. The van der Waals surface area contributed by atoms with Crippen LogP contribution in [0.4, 0.5) is 0 Å². The highest BCUT2D eigenvalue weighted by molar-refractivity contribution is 6.43. The molecule has 0 fully saturated rings. The fraction of sp³-hybridized carbons (Fsp3) is 0.143. The summed E-state index contributed by atoms with van der Waals surface area (Å²) in [7, 11) is -1.60. The van der Waals surface area contributed by atoms with E-state index in [4.69, 9.17) is 8.85 Å². The minimum absolute atomic E-state index is 0.626. The van der Waals surface area contributed by atoms with Crippen LogP contribution in [0.2, 0.25) is 6.55 Å². The standard InChI is InChI=1S/C14H16O2Si/c1-17(16-14-10-6-3-7-11-14)15-12-13-8-4-2-5-9-13/h2-11,17H,12H2,1H3. The number of hydrogen-bond donors (Lipinski definition) is 0. The Labute approximate surface area is 104 Å². The summed E-state index contributed by atoms with van der Waals surface area (Å²) in [6.07, 6.45) is 0. The van der Waals surface area contributed by atoms with Crippen LogP contribution in [0.5, 0.6) is 5.75 Å². The molecule has 0 heterocycles. The molecule has 0 saturated heterocycles. The molecule has 17 heavy (non-hydrogen) atoms. The summed E-state index contributed by atoms with van der Waals surface area (Å²) < 4.78 is 11.5. The summed E-state index contributed by atoms with van der Waals surface area (Å²) in [5.41, 5.74) is 1.18. The number of hydrogen-bond acceptors (Lipinski definition) is 2. The van der Waals surface area contributed by atoms with Gasteiger partial charge in [0.15, 0.2) is 0 Å². The van der Waals surface area contributed by atoms with Crippen molar-refractivity contribution in [3.8, 4) is 5.75 Å². The first-order valence-corrected chi connectivity index (χ1v) is 7.81. The second-order valence-corrected chi connectivity index (χ2v) is 5.50. The van der Waals surface area contributed by atoms with Crippen molar-refractivity contribution in [3.63, 3.8) is 0 Å². The molecular weight excluding hydrogens is 228 g/mol. The van der Waals surface area contributed by atoms with Gasteiger partial charge in [-0.15, -0.1) is 0 Å². The van der Waals surface area contributed by atoms with Crippen molar-refractivity contribution < 1.29 is 8.85 Å². The molecule has 88 valence electrons. The van der Waals surface area contributed by atoms with E-state index in [0.29, 0.717) is 6.61 Å². The lowest BCUT2D eigenvalue weighted by molar-refractivity contribution is 0.259. The predicted molar refractivity (Wildman–Crippen MR) is 71.3 cm³/mol. The molecule has 0 aliphatic heterocycles. The Hall–Kier alpha value is -1.58. The van der Waals surface area contributed by atoms with Crippen molar-refractivity contribution in [2.75, 3.05) is 0 Å². The summed E-state index contributed by atoms with van der Waals surface area (Å²) in [6, 6.07) is 20.0. The van der Waals surface area contributed by atoms with Crippen molar-refractivity contribution in [1.82, 2.24) is 0 Å². The maximum Gasteiger partial charge on any atom is 0.379 e. The topological polar surface area (TPSA) is 18.5 Å². The minimum Gasteiger partial charge on any atom is -0.522 e. The number of para-hydroxylation sites is 1. The zero-order valence-electron chi connectivity index (χ0n) is 9.87. The van der Waals surface area contributed by atoms with Crippen LogP contribution < -0.4 is 4.43 Å². The second-order valence-electron chi connectivity index (χ2n) is 3.80. The van der Waals surface area contributed by atoms with Gasteiger partial charge in [-0.05, 0) is 24.2 Å². The molecule has 2 rings (SSSR count). The highest BCUT2D eigenvalue weighted by atomic mass is 28.3. The maximum atomic E-state index is 5.75. The molecule has 2 nitrogen and oxygen atoms in total. The van der Waals surface area contributed by atoms with E-state index < -0.39 is 9.28 Å². The van der Waals surface area contributed by atoms with Crippen LogP contribution in [-0.2, 0) is 11.0 Å². The van der Waals surface area contributed by atoms with Gasteiger partial charge in [0.25, 0.3) is 0 Å². The van der Waals surface area contributed by atoms with Gasteiger partial charge in [0.1, 0.15) is 5.75 Å². The Morgan fingerprint density at radius 3 is 2.12 bits per heavy atom. The van der Waals surface area contributed by atoms with E-state index in [2.05, 4.69) is 12.1 Å². The molecule has 3 heteroatoms. The quantitative estimate of drug-likeness (QED) is 0.752. The third-order valence-corrected chi connectivity index (χ3v) is 3.61. The van der Waals surface area contributed by atoms with Crippen molar-refractivity contribution in [2.24, 2.45) is 0 Å². The van der Waals surface area contributed by atoms with Crippen molar-refractivity contribution in [1.29, 1.82) is 0 Å². The van der Waals surface area contributed by atoms with E-state index in [1.165, 1.54) is 5.56 Å². The van der Waals surface area contributed by atoms with Gasteiger partial charge in [0, 0.05) is 0 Å². The molecule has 0 aliphatic rings. The average molecular weight is 244 g/mol. The molecule has 0 aliphatic carbocycles. The van der Waals surface area contributed by atoms with E-state index in [0.717, 1.165) is 5.75 Å². The van der Waals surface area contributed by atoms with Gasteiger partial charge < -0.3 is 8.85 Å². The zero-order chi connectivity index (χ0) is 11.9. The van der Waals surface area contributed by atoms with E-state index in [1.807, 2.05) is 55.1 Å². The van der Waals surface area contributed by atoms with Crippen LogP contribution in [0.3, 0.4) is 0 Å². The summed E-state index contributed by atoms with van der Waals surface area (Å²) in [5.74, 6) is 0.889. The number of benzene rings is 2. The third-order valence-electron chi connectivity index (χ3n) is 2.37. The second kappa shape index (κ2) is 6.23. The summed E-state index contributed by atoms with van der Waals surface area (Å²) in [4.78, 5) is 0. The lowest BCUT2D eigenvalue weighted by atomic mass is 10.2. The first-order valence-electron chi connectivity index (χ1n) is 5.72. The van der Waals surface area contributed by atoms with Gasteiger partial charge in [-0.25, -0.2) is 0 Å². The molecule has 0 spiro atoms. The molecule has 1 unspecified atom stereocenters.